The number of hydrogen-bond donors (Lipinski definition) is 2. The number of fused-ring (bicyclic) bond motifs is 1. The summed E-state index contributed by atoms with van der Waals surface area (Å²) in [5, 5.41) is 5.63. The Morgan fingerprint density at radius 3 is 2.47 bits per heavy atom. The van der Waals surface area contributed by atoms with Crippen molar-refractivity contribution in [3.63, 3.8) is 0 Å². The molecule has 0 aromatic heterocycles. The molecule has 4 amide bonds. The number of carbonyl (C=O) groups excluding carboxylic acids is 4. The molecule has 1 atom stereocenters. The summed E-state index contributed by atoms with van der Waals surface area (Å²) in [6.07, 6.45) is 4.63. The van der Waals surface area contributed by atoms with Gasteiger partial charge in [-0.25, -0.2) is 0 Å². The predicted octanol–water partition coefficient (Wildman–Crippen LogP) is 1.14. The molecule has 1 unspecified atom stereocenters. The van der Waals surface area contributed by atoms with Gasteiger partial charge in [-0.05, 0) is 51.3 Å². The molecule has 32 heavy (non-hydrogen) atoms. The van der Waals surface area contributed by atoms with Crippen LogP contribution in [0.4, 0.5) is 5.69 Å². The van der Waals surface area contributed by atoms with Crippen molar-refractivity contribution in [3.05, 3.63) is 29.3 Å². The summed E-state index contributed by atoms with van der Waals surface area (Å²) in [5.41, 5.74) is 1.21. The standard InChI is InChI=1S/C23H28N4O5/c1-26-9-7-14(8-10-26)32-15-11-13(12-15)24-17-4-2-3-16-20(17)23(31)27(22(16)30)18-5-6-19(28)25-21(18)29/h2-4,13-15,18,24H,5-12H2,1H3,(H,25,28,29)/t13-,15-,18?. The minimum atomic E-state index is -0.955. The van der Waals surface area contributed by atoms with Crippen LogP contribution in [0, 0.1) is 0 Å². The van der Waals surface area contributed by atoms with Crippen molar-refractivity contribution in [2.45, 2.75) is 62.8 Å². The van der Waals surface area contributed by atoms with Crippen LogP contribution in [-0.4, -0.2) is 77.9 Å². The molecular weight excluding hydrogens is 412 g/mol. The van der Waals surface area contributed by atoms with Gasteiger partial charge in [0.2, 0.25) is 11.8 Å². The highest BCUT2D eigenvalue weighted by Crippen LogP contribution is 2.35. The second kappa shape index (κ2) is 8.29. The zero-order chi connectivity index (χ0) is 22.4. The summed E-state index contributed by atoms with van der Waals surface area (Å²) in [6.45, 7) is 2.13. The fourth-order valence-electron chi connectivity index (χ4n) is 5.04. The number of anilines is 1. The molecule has 0 spiro atoms. The van der Waals surface area contributed by atoms with Crippen LogP contribution >= 0.6 is 0 Å². The molecule has 3 heterocycles. The Balaban J connectivity index is 1.23. The second-order valence-electron chi connectivity index (χ2n) is 9.25. The fourth-order valence-corrected chi connectivity index (χ4v) is 5.04. The zero-order valence-electron chi connectivity index (χ0n) is 18.1. The lowest BCUT2D eigenvalue weighted by Crippen LogP contribution is -2.54. The molecule has 0 bridgehead atoms. The molecule has 1 aliphatic carbocycles. The number of benzene rings is 1. The first-order valence-electron chi connectivity index (χ1n) is 11.4. The molecular formula is C23H28N4O5. The van der Waals surface area contributed by atoms with Crippen LogP contribution in [-0.2, 0) is 14.3 Å². The largest absolute Gasteiger partial charge is 0.381 e. The molecule has 2 saturated heterocycles. The van der Waals surface area contributed by atoms with Crippen LogP contribution in [0.1, 0.15) is 59.2 Å². The van der Waals surface area contributed by atoms with E-state index < -0.39 is 23.8 Å². The van der Waals surface area contributed by atoms with Gasteiger partial charge < -0.3 is 15.0 Å². The highest BCUT2D eigenvalue weighted by Gasteiger charge is 2.46. The van der Waals surface area contributed by atoms with Gasteiger partial charge in [0.1, 0.15) is 6.04 Å². The number of rotatable bonds is 5. The Morgan fingerprint density at radius 1 is 1.00 bits per heavy atom. The van der Waals surface area contributed by atoms with Gasteiger partial charge in [-0.3, -0.25) is 29.4 Å². The van der Waals surface area contributed by atoms with E-state index in [0.717, 1.165) is 43.7 Å². The Labute approximate surface area is 186 Å². The van der Waals surface area contributed by atoms with Gasteiger partial charge >= 0.3 is 0 Å². The number of carbonyl (C=O) groups is 4. The number of ether oxygens (including phenoxy) is 1. The van der Waals surface area contributed by atoms with Crippen molar-refractivity contribution in [1.82, 2.24) is 15.1 Å². The molecule has 5 rings (SSSR count). The molecule has 170 valence electrons. The number of hydrogen-bond acceptors (Lipinski definition) is 7. The van der Waals surface area contributed by atoms with E-state index in [1.54, 1.807) is 18.2 Å². The van der Waals surface area contributed by atoms with Crippen molar-refractivity contribution in [1.29, 1.82) is 0 Å². The Hall–Kier alpha value is -2.78. The van der Waals surface area contributed by atoms with Gasteiger partial charge in [-0.1, -0.05) is 6.07 Å². The van der Waals surface area contributed by atoms with Gasteiger partial charge in [0, 0.05) is 31.2 Å². The van der Waals surface area contributed by atoms with Crippen LogP contribution in [0.2, 0.25) is 0 Å². The topological polar surface area (TPSA) is 108 Å². The third kappa shape index (κ3) is 3.80. The minimum absolute atomic E-state index is 0.107. The SMILES string of the molecule is CN1CCC(O[C@H]2C[C@H](Nc3cccc4c3C(=O)N(C3CCC(=O)NC3=O)C4=O)C2)CC1. The van der Waals surface area contributed by atoms with Crippen LogP contribution in [0.3, 0.4) is 0 Å². The zero-order valence-corrected chi connectivity index (χ0v) is 18.1. The molecule has 1 aromatic carbocycles. The highest BCUT2D eigenvalue weighted by atomic mass is 16.5. The first kappa shape index (κ1) is 21.1. The van der Waals surface area contributed by atoms with Gasteiger partial charge in [0.25, 0.3) is 11.8 Å². The van der Waals surface area contributed by atoms with Crippen molar-refractivity contribution < 1.29 is 23.9 Å². The molecule has 1 aromatic rings. The number of imide groups is 2. The minimum Gasteiger partial charge on any atom is -0.381 e. The summed E-state index contributed by atoms with van der Waals surface area (Å²) in [5.74, 6) is -1.95. The molecule has 3 fully saturated rings. The molecule has 2 N–H and O–H groups in total. The third-order valence-corrected chi connectivity index (χ3v) is 6.97. The maximum atomic E-state index is 13.2. The van der Waals surface area contributed by atoms with E-state index in [2.05, 4.69) is 22.6 Å². The quantitative estimate of drug-likeness (QED) is 0.661. The van der Waals surface area contributed by atoms with Gasteiger partial charge in [-0.2, -0.15) is 0 Å². The third-order valence-electron chi connectivity index (χ3n) is 6.97. The van der Waals surface area contributed by atoms with E-state index in [0.29, 0.717) is 22.9 Å². The first-order valence-corrected chi connectivity index (χ1v) is 11.4. The number of amides is 4. The normalized spacial score (nSPS) is 29.0. The lowest BCUT2D eigenvalue weighted by molar-refractivity contribution is -0.136. The van der Waals surface area contributed by atoms with E-state index in [1.165, 1.54) is 0 Å². The summed E-state index contributed by atoms with van der Waals surface area (Å²) in [7, 11) is 2.13. The van der Waals surface area contributed by atoms with Crippen molar-refractivity contribution >= 4 is 29.3 Å². The van der Waals surface area contributed by atoms with Gasteiger partial charge in [-0.15, -0.1) is 0 Å². The second-order valence-corrected chi connectivity index (χ2v) is 9.25. The molecule has 9 heteroatoms. The lowest BCUT2D eigenvalue weighted by Gasteiger charge is -2.40. The summed E-state index contributed by atoms with van der Waals surface area (Å²) >= 11 is 0. The van der Waals surface area contributed by atoms with E-state index >= 15 is 0 Å². The Kier molecular flexibility index (Phi) is 5.46. The van der Waals surface area contributed by atoms with E-state index in [9.17, 15) is 19.2 Å². The van der Waals surface area contributed by atoms with Crippen molar-refractivity contribution in [2.24, 2.45) is 0 Å². The summed E-state index contributed by atoms with van der Waals surface area (Å²) in [4.78, 5) is 53.1. The number of nitrogens with one attached hydrogen (secondary N) is 2. The smallest absolute Gasteiger partial charge is 0.264 e. The fraction of sp³-hybridized carbons (Fsp3) is 0.565. The molecule has 3 aliphatic heterocycles. The first-order chi connectivity index (χ1) is 15.4. The van der Waals surface area contributed by atoms with Gasteiger partial charge in [0.15, 0.2) is 0 Å². The van der Waals surface area contributed by atoms with Gasteiger partial charge in [0.05, 0.1) is 23.3 Å². The Bertz CT molecular complexity index is 965. The average molecular weight is 441 g/mol. The van der Waals surface area contributed by atoms with Crippen molar-refractivity contribution in [3.8, 4) is 0 Å². The summed E-state index contributed by atoms with van der Waals surface area (Å²) < 4.78 is 6.22. The highest BCUT2D eigenvalue weighted by molar-refractivity contribution is 6.25. The van der Waals surface area contributed by atoms with E-state index in [-0.39, 0.29) is 30.9 Å². The van der Waals surface area contributed by atoms with E-state index in [1.807, 2.05) is 0 Å². The number of piperidine rings is 2. The molecule has 4 aliphatic rings. The van der Waals surface area contributed by atoms with Crippen LogP contribution in [0.5, 0.6) is 0 Å². The molecule has 0 radical (unpaired) electrons. The monoisotopic (exact) mass is 440 g/mol. The average Bonchev–Trinajstić information content (AvgIpc) is 2.99. The molecule has 9 nitrogen and oxygen atoms in total. The van der Waals surface area contributed by atoms with Crippen LogP contribution < -0.4 is 10.6 Å². The Morgan fingerprint density at radius 2 is 1.75 bits per heavy atom. The maximum absolute atomic E-state index is 13.2. The number of nitrogens with zero attached hydrogens (tertiary/aromatic N) is 2. The molecule has 1 saturated carbocycles. The number of likely N-dealkylation sites (tertiary alicyclic amines) is 1. The van der Waals surface area contributed by atoms with Crippen LogP contribution in [0.25, 0.3) is 0 Å². The van der Waals surface area contributed by atoms with Crippen molar-refractivity contribution in [2.75, 3.05) is 25.5 Å². The van der Waals surface area contributed by atoms with E-state index in [4.69, 9.17) is 4.74 Å². The predicted molar refractivity (Wildman–Crippen MR) is 115 cm³/mol. The summed E-state index contributed by atoms with van der Waals surface area (Å²) in [6, 6.07) is 4.36. The lowest BCUT2D eigenvalue weighted by atomic mass is 9.88. The maximum Gasteiger partial charge on any atom is 0.264 e. The van der Waals surface area contributed by atoms with Crippen LogP contribution in [0.15, 0.2) is 18.2 Å².